The molecular formula is C30H23N5O7S. The summed E-state index contributed by atoms with van der Waals surface area (Å²) in [4.78, 5) is 10.9. The number of hydrogen-bond acceptors (Lipinski definition) is 9. The summed E-state index contributed by atoms with van der Waals surface area (Å²) in [6.07, 6.45) is 1.64. The van der Waals surface area contributed by atoms with Crippen LogP contribution in [0.25, 0.3) is 16.8 Å². The zero-order valence-corrected chi connectivity index (χ0v) is 23.2. The largest absolute Gasteiger partial charge is 0.507 e. The Labute approximate surface area is 245 Å². The van der Waals surface area contributed by atoms with E-state index in [0.29, 0.717) is 28.3 Å². The van der Waals surface area contributed by atoms with Gasteiger partial charge < -0.3 is 15.3 Å². The molecule has 1 heterocycles. The van der Waals surface area contributed by atoms with Crippen molar-refractivity contribution in [2.75, 3.05) is 0 Å². The normalized spacial score (nSPS) is 11.9. The van der Waals surface area contributed by atoms with Crippen LogP contribution in [0.5, 0.6) is 11.6 Å². The quantitative estimate of drug-likeness (QED) is 0.104. The molecule has 13 heteroatoms. The molecule has 0 atom stereocenters. The molecule has 216 valence electrons. The third kappa shape index (κ3) is 6.48. The number of aromatic nitrogens is 1. The van der Waals surface area contributed by atoms with Gasteiger partial charge in [-0.05, 0) is 90.3 Å². The van der Waals surface area contributed by atoms with Crippen molar-refractivity contribution in [2.24, 2.45) is 20.5 Å². The lowest BCUT2D eigenvalue weighted by atomic mass is 10.1. The minimum absolute atomic E-state index is 0.178. The van der Waals surface area contributed by atoms with Crippen LogP contribution < -0.4 is 0 Å². The number of carboxylic acid groups (broad SMARTS) is 1. The summed E-state index contributed by atoms with van der Waals surface area (Å²) in [6.45, 7) is 1.75. The van der Waals surface area contributed by atoms with Crippen molar-refractivity contribution >= 4 is 38.8 Å². The molecule has 5 aromatic rings. The average Bonchev–Trinajstić information content (AvgIpc) is 3.28. The summed E-state index contributed by atoms with van der Waals surface area (Å²) in [7, 11) is -4.33. The fourth-order valence-corrected chi connectivity index (χ4v) is 4.61. The molecule has 4 N–H and O–H groups in total. The fourth-order valence-electron chi connectivity index (χ4n) is 4.13. The molecule has 1 aromatic heterocycles. The van der Waals surface area contributed by atoms with Gasteiger partial charge in [-0.2, -0.15) is 23.8 Å². The maximum Gasteiger partial charge on any atom is 0.339 e. The molecule has 0 spiro atoms. The summed E-state index contributed by atoms with van der Waals surface area (Å²) >= 11 is 0. The topological polar surface area (TPSA) is 186 Å². The van der Waals surface area contributed by atoms with E-state index in [0.717, 1.165) is 11.1 Å². The molecule has 0 saturated heterocycles. The van der Waals surface area contributed by atoms with Gasteiger partial charge in [0.2, 0.25) is 5.88 Å². The van der Waals surface area contributed by atoms with E-state index in [1.165, 1.54) is 47.0 Å². The zero-order valence-electron chi connectivity index (χ0n) is 22.4. The highest BCUT2D eigenvalue weighted by Gasteiger charge is 2.15. The molecule has 0 amide bonds. The first-order valence-electron chi connectivity index (χ1n) is 12.6. The lowest BCUT2D eigenvalue weighted by Gasteiger charge is -2.05. The van der Waals surface area contributed by atoms with Crippen molar-refractivity contribution in [1.29, 1.82) is 0 Å². The minimum Gasteiger partial charge on any atom is -0.507 e. The summed E-state index contributed by atoms with van der Waals surface area (Å²) in [5, 5.41) is 46.1. The van der Waals surface area contributed by atoms with E-state index in [-0.39, 0.29) is 27.8 Å². The molecule has 0 radical (unpaired) electrons. The zero-order chi connectivity index (χ0) is 30.7. The van der Waals surface area contributed by atoms with Crippen LogP contribution in [-0.4, -0.2) is 38.8 Å². The molecule has 0 aliphatic rings. The van der Waals surface area contributed by atoms with Crippen LogP contribution in [0.1, 0.15) is 15.9 Å². The molecule has 0 unspecified atom stereocenters. The number of carbonyl (C=O) groups is 1. The average molecular weight is 598 g/mol. The van der Waals surface area contributed by atoms with Crippen molar-refractivity contribution in [3.05, 3.63) is 108 Å². The van der Waals surface area contributed by atoms with Gasteiger partial charge in [-0.1, -0.05) is 24.3 Å². The number of aromatic carboxylic acids is 1. The number of benzene rings is 4. The standard InChI is InChI=1S/C30H23N5O7S/c1-18-17-35(24-11-13-25(14-12-24)43(40,41)42)29(37)28(18)34-32-22-8-4-20(5-9-22)19-2-6-21(7-3-19)31-33-23-10-15-27(36)26(16-23)30(38)39/h2-17,36-37H,1H3,(H,38,39)(H,40,41,42). The van der Waals surface area contributed by atoms with Crippen molar-refractivity contribution in [3.8, 4) is 28.4 Å². The van der Waals surface area contributed by atoms with Crippen LogP contribution in [0.4, 0.5) is 22.7 Å². The van der Waals surface area contributed by atoms with E-state index in [2.05, 4.69) is 20.5 Å². The van der Waals surface area contributed by atoms with E-state index in [9.17, 15) is 23.4 Å². The van der Waals surface area contributed by atoms with Crippen molar-refractivity contribution in [1.82, 2.24) is 4.57 Å². The summed E-state index contributed by atoms with van der Waals surface area (Å²) in [6, 6.07) is 23.8. The van der Waals surface area contributed by atoms with Gasteiger partial charge in [-0.25, -0.2) is 4.79 Å². The second-order valence-electron chi connectivity index (χ2n) is 9.32. The van der Waals surface area contributed by atoms with Gasteiger partial charge in [-0.15, -0.1) is 5.11 Å². The second kappa shape index (κ2) is 11.7. The summed E-state index contributed by atoms with van der Waals surface area (Å²) in [5.74, 6) is -1.79. The number of azo groups is 2. The Balaban J connectivity index is 1.27. The van der Waals surface area contributed by atoms with Crippen molar-refractivity contribution in [3.63, 3.8) is 0 Å². The third-order valence-corrected chi connectivity index (χ3v) is 7.24. The maximum atomic E-state index is 11.3. The smallest absolute Gasteiger partial charge is 0.339 e. The highest BCUT2D eigenvalue weighted by Crippen LogP contribution is 2.36. The Morgan fingerprint density at radius 2 is 1.23 bits per heavy atom. The van der Waals surface area contributed by atoms with Gasteiger partial charge in [-0.3, -0.25) is 9.12 Å². The third-order valence-electron chi connectivity index (χ3n) is 6.37. The maximum absolute atomic E-state index is 11.3. The van der Waals surface area contributed by atoms with E-state index in [1.807, 2.05) is 24.3 Å². The number of rotatable bonds is 8. The summed E-state index contributed by atoms with van der Waals surface area (Å²) < 4.78 is 33.2. The Kier molecular flexibility index (Phi) is 7.84. The van der Waals surface area contributed by atoms with Gasteiger partial charge in [0.15, 0.2) is 5.69 Å². The number of aromatic hydroxyl groups is 2. The molecule has 0 fully saturated rings. The number of hydrogen-bond donors (Lipinski definition) is 4. The Hall–Kier alpha value is -5.66. The van der Waals surface area contributed by atoms with Crippen LogP contribution in [-0.2, 0) is 10.1 Å². The van der Waals surface area contributed by atoms with Crippen molar-refractivity contribution in [2.45, 2.75) is 11.8 Å². The minimum atomic E-state index is -4.33. The number of phenols is 1. The van der Waals surface area contributed by atoms with E-state index >= 15 is 0 Å². The lowest BCUT2D eigenvalue weighted by Crippen LogP contribution is -1.98. The number of nitrogens with zero attached hydrogens (tertiary/aromatic N) is 5. The highest BCUT2D eigenvalue weighted by molar-refractivity contribution is 7.85. The molecule has 12 nitrogen and oxygen atoms in total. The first kappa shape index (κ1) is 28.9. The van der Waals surface area contributed by atoms with Crippen molar-refractivity contribution < 1.29 is 33.1 Å². The fraction of sp³-hybridized carbons (Fsp3) is 0.0333. The van der Waals surface area contributed by atoms with E-state index < -0.39 is 16.1 Å². The molecule has 0 saturated carbocycles. The molecule has 4 aromatic carbocycles. The molecule has 0 bridgehead atoms. The number of carboxylic acids is 1. The molecule has 0 aliphatic heterocycles. The van der Waals surface area contributed by atoms with Crippen LogP contribution in [0, 0.1) is 6.92 Å². The molecule has 5 rings (SSSR count). The van der Waals surface area contributed by atoms with Gasteiger partial charge >= 0.3 is 5.97 Å². The van der Waals surface area contributed by atoms with Gasteiger partial charge in [0.25, 0.3) is 10.1 Å². The predicted octanol–water partition coefficient (Wildman–Crippen LogP) is 7.64. The van der Waals surface area contributed by atoms with Crippen LogP contribution in [0.2, 0.25) is 0 Å². The van der Waals surface area contributed by atoms with Gasteiger partial charge in [0, 0.05) is 11.9 Å². The van der Waals surface area contributed by atoms with Crippen LogP contribution in [0.15, 0.2) is 123 Å². The van der Waals surface area contributed by atoms with Crippen LogP contribution >= 0.6 is 0 Å². The van der Waals surface area contributed by atoms with Gasteiger partial charge in [0.1, 0.15) is 11.3 Å². The molecule has 43 heavy (non-hydrogen) atoms. The predicted molar refractivity (Wildman–Crippen MR) is 157 cm³/mol. The van der Waals surface area contributed by atoms with Gasteiger partial charge in [0.05, 0.1) is 22.0 Å². The van der Waals surface area contributed by atoms with E-state index in [1.54, 1.807) is 37.4 Å². The first-order chi connectivity index (χ1) is 20.5. The highest BCUT2D eigenvalue weighted by atomic mass is 32.2. The first-order valence-corrected chi connectivity index (χ1v) is 14.0. The second-order valence-corrected chi connectivity index (χ2v) is 10.7. The van der Waals surface area contributed by atoms with Crippen LogP contribution in [0.3, 0.4) is 0 Å². The Morgan fingerprint density at radius 1 is 0.721 bits per heavy atom. The lowest BCUT2D eigenvalue weighted by molar-refractivity contribution is 0.0693. The molecular weight excluding hydrogens is 574 g/mol. The Morgan fingerprint density at radius 3 is 1.77 bits per heavy atom. The molecule has 0 aliphatic carbocycles. The monoisotopic (exact) mass is 597 g/mol. The number of aryl methyl sites for hydroxylation is 1. The van der Waals surface area contributed by atoms with E-state index in [4.69, 9.17) is 9.66 Å². The Bertz CT molecular complexity index is 1980. The SMILES string of the molecule is Cc1cn(-c2ccc(S(=O)(=O)O)cc2)c(O)c1N=Nc1ccc(-c2ccc(N=Nc3ccc(O)c(C(=O)O)c3)cc2)cc1. The summed E-state index contributed by atoms with van der Waals surface area (Å²) in [5.41, 5.74) is 4.31.